The Hall–Kier alpha value is 0.660. The van der Waals surface area contributed by atoms with Crippen LogP contribution in [0.5, 0.6) is 0 Å². The van der Waals surface area contributed by atoms with Gasteiger partial charge in [-0.05, 0) is 43.9 Å². The Balaban J connectivity index is 2.14. The fourth-order valence-electron chi connectivity index (χ4n) is 3.29. The number of rotatable bonds is 2. The van der Waals surface area contributed by atoms with Crippen molar-refractivity contribution in [1.29, 1.82) is 0 Å². The molecular formula is C13H24OS2. The summed E-state index contributed by atoms with van der Waals surface area (Å²) in [5, 5.41) is 10.4. The minimum Gasteiger partial charge on any atom is -0.390 e. The monoisotopic (exact) mass is 260 g/mol. The summed E-state index contributed by atoms with van der Waals surface area (Å²) in [4.78, 5) is 0. The topological polar surface area (TPSA) is 20.2 Å². The number of thioether (sulfide) groups is 2. The van der Waals surface area contributed by atoms with E-state index in [1.54, 1.807) is 0 Å². The SMILES string of the molecule is CC1(C)C[C@H](C2SCCS2)[C@H](C(C)(C)O)C1. The predicted molar refractivity (Wildman–Crippen MR) is 75.0 cm³/mol. The van der Waals surface area contributed by atoms with E-state index in [1.807, 2.05) is 13.8 Å². The lowest BCUT2D eigenvalue weighted by Gasteiger charge is -2.33. The van der Waals surface area contributed by atoms with Gasteiger partial charge in [0.25, 0.3) is 0 Å². The first kappa shape index (κ1) is 13.1. The highest BCUT2D eigenvalue weighted by Gasteiger charge is 2.49. The van der Waals surface area contributed by atoms with Gasteiger partial charge in [0.15, 0.2) is 0 Å². The summed E-state index contributed by atoms with van der Waals surface area (Å²) >= 11 is 4.22. The van der Waals surface area contributed by atoms with Gasteiger partial charge < -0.3 is 5.11 Å². The van der Waals surface area contributed by atoms with E-state index in [1.165, 1.54) is 24.3 Å². The van der Waals surface area contributed by atoms with E-state index in [-0.39, 0.29) is 0 Å². The van der Waals surface area contributed by atoms with Crippen LogP contribution < -0.4 is 0 Å². The normalized spacial score (nSPS) is 35.8. The number of aliphatic hydroxyl groups is 1. The second-order valence-corrected chi connectivity index (χ2v) is 9.40. The molecule has 2 rings (SSSR count). The summed E-state index contributed by atoms with van der Waals surface area (Å²) < 4.78 is 0.734. The molecule has 1 nitrogen and oxygen atoms in total. The predicted octanol–water partition coefficient (Wildman–Crippen LogP) is 3.62. The summed E-state index contributed by atoms with van der Waals surface area (Å²) in [5.41, 5.74) is -0.0960. The molecule has 0 aromatic rings. The van der Waals surface area contributed by atoms with Crippen molar-refractivity contribution in [2.45, 2.75) is 50.7 Å². The first-order chi connectivity index (χ1) is 7.30. The van der Waals surface area contributed by atoms with Crippen LogP contribution in [0, 0.1) is 17.3 Å². The van der Waals surface area contributed by atoms with Gasteiger partial charge in [0.2, 0.25) is 0 Å². The van der Waals surface area contributed by atoms with Gasteiger partial charge in [0.1, 0.15) is 0 Å². The molecule has 1 saturated heterocycles. The highest BCUT2D eigenvalue weighted by molar-refractivity contribution is 8.20. The third-order valence-corrected chi connectivity index (χ3v) is 7.29. The van der Waals surface area contributed by atoms with Gasteiger partial charge >= 0.3 is 0 Å². The van der Waals surface area contributed by atoms with Crippen molar-refractivity contribution in [3.63, 3.8) is 0 Å². The maximum absolute atomic E-state index is 10.4. The Kier molecular flexibility index (Phi) is 3.60. The fourth-order valence-corrected chi connectivity index (χ4v) is 6.56. The van der Waals surface area contributed by atoms with Gasteiger partial charge in [0, 0.05) is 11.5 Å². The molecule has 16 heavy (non-hydrogen) atoms. The number of hydrogen-bond acceptors (Lipinski definition) is 3. The third kappa shape index (κ3) is 2.73. The summed E-state index contributed by atoms with van der Waals surface area (Å²) in [6.45, 7) is 8.71. The molecule has 0 spiro atoms. The number of hydrogen-bond donors (Lipinski definition) is 1. The van der Waals surface area contributed by atoms with Crippen molar-refractivity contribution in [3.8, 4) is 0 Å². The molecule has 0 bridgehead atoms. The van der Waals surface area contributed by atoms with Crippen LogP contribution in [0.2, 0.25) is 0 Å². The lowest BCUT2D eigenvalue weighted by molar-refractivity contribution is 0.000446. The fraction of sp³-hybridized carbons (Fsp3) is 1.00. The highest BCUT2D eigenvalue weighted by atomic mass is 32.2. The van der Waals surface area contributed by atoms with Crippen molar-refractivity contribution in [3.05, 3.63) is 0 Å². The van der Waals surface area contributed by atoms with Crippen LogP contribution in [-0.2, 0) is 0 Å². The maximum atomic E-state index is 10.4. The largest absolute Gasteiger partial charge is 0.390 e. The van der Waals surface area contributed by atoms with Crippen LogP contribution in [0.3, 0.4) is 0 Å². The minimum absolute atomic E-state index is 0.416. The van der Waals surface area contributed by atoms with Gasteiger partial charge in [-0.15, -0.1) is 23.5 Å². The van der Waals surface area contributed by atoms with E-state index in [0.29, 0.717) is 17.3 Å². The molecule has 0 aromatic heterocycles. The van der Waals surface area contributed by atoms with Crippen LogP contribution >= 0.6 is 23.5 Å². The van der Waals surface area contributed by atoms with Crippen LogP contribution in [0.15, 0.2) is 0 Å². The Morgan fingerprint density at radius 3 is 2.19 bits per heavy atom. The second-order valence-electron chi connectivity index (χ2n) is 6.61. The molecule has 3 heteroatoms. The summed E-state index contributed by atoms with van der Waals surface area (Å²) in [6, 6.07) is 0. The zero-order chi connectivity index (χ0) is 12.0. The minimum atomic E-state index is -0.512. The standard InChI is InChI=1S/C13H24OS2/c1-12(2)7-9(11-15-5-6-16-11)10(8-12)13(3,4)14/h9-11,14H,5-8H2,1-4H3/t9-,10+/m0/s1. The molecule has 2 atom stereocenters. The Morgan fingerprint density at radius 1 is 1.12 bits per heavy atom. The molecular weight excluding hydrogens is 236 g/mol. The van der Waals surface area contributed by atoms with Crippen LogP contribution in [0.1, 0.15) is 40.5 Å². The lowest BCUT2D eigenvalue weighted by atomic mass is 9.82. The summed E-state index contributed by atoms with van der Waals surface area (Å²) in [5.74, 6) is 3.77. The average Bonchev–Trinajstić information content (AvgIpc) is 2.68. The molecule has 1 saturated carbocycles. The zero-order valence-corrected chi connectivity index (χ0v) is 12.5. The smallest absolute Gasteiger partial charge is 0.0623 e. The molecule has 0 unspecified atom stereocenters. The molecule has 1 N–H and O–H groups in total. The van der Waals surface area contributed by atoms with Gasteiger partial charge in [-0.1, -0.05) is 13.8 Å². The van der Waals surface area contributed by atoms with E-state index in [4.69, 9.17) is 0 Å². The van der Waals surface area contributed by atoms with Crippen molar-refractivity contribution in [1.82, 2.24) is 0 Å². The quantitative estimate of drug-likeness (QED) is 0.819. The van der Waals surface area contributed by atoms with Crippen molar-refractivity contribution < 1.29 is 5.11 Å². The molecule has 2 aliphatic rings. The van der Waals surface area contributed by atoms with Gasteiger partial charge in [-0.25, -0.2) is 0 Å². The van der Waals surface area contributed by atoms with Gasteiger partial charge in [0.05, 0.1) is 10.2 Å². The molecule has 1 aliphatic heterocycles. The molecule has 94 valence electrons. The van der Waals surface area contributed by atoms with Gasteiger partial charge in [-0.2, -0.15) is 0 Å². The Bertz CT molecular complexity index is 251. The van der Waals surface area contributed by atoms with E-state index < -0.39 is 5.60 Å². The average molecular weight is 260 g/mol. The lowest BCUT2D eigenvalue weighted by Crippen LogP contribution is -2.36. The molecule has 1 aliphatic carbocycles. The van der Waals surface area contributed by atoms with Crippen LogP contribution in [0.4, 0.5) is 0 Å². The zero-order valence-electron chi connectivity index (χ0n) is 10.8. The molecule has 0 amide bonds. The Labute approximate surface area is 108 Å². The van der Waals surface area contributed by atoms with Crippen LogP contribution in [-0.4, -0.2) is 26.8 Å². The highest BCUT2D eigenvalue weighted by Crippen LogP contribution is 2.55. The molecule has 1 heterocycles. The van der Waals surface area contributed by atoms with E-state index >= 15 is 0 Å². The van der Waals surface area contributed by atoms with E-state index in [9.17, 15) is 5.11 Å². The molecule has 0 radical (unpaired) electrons. The second kappa shape index (κ2) is 4.40. The summed E-state index contributed by atoms with van der Waals surface area (Å²) in [6.07, 6.45) is 2.46. The van der Waals surface area contributed by atoms with Crippen LogP contribution in [0.25, 0.3) is 0 Å². The van der Waals surface area contributed by atoms with Crippen molar-refractivity contribution in [2.75, 3.05) is 11.5 Å². The summed E-state index contributed by atoms with van der Waals surface area (Å²) in [7, 11) is 0. The van der Waals surface area contributed by atoms with Gasteiger partial charge in [-0.3, -0.25) is 0 Å². The third-order valence-electron chi connectivity index (χ3n) is 3.98. The van der Waals surface area contributed by atoms with Crippen molar-refractivity contribution >= 4 is 23.5 Å². The first-order valence-electron chi connectivity index (χ1n) is 6.25. The maximum Gasteiger partial charge on any atom is 0.0623 e. The molecule has 0 aromatic carbocycles. The first-order valence-corrected chi connectivity index (χ1v) is 8.35. The van der Waals surface area contributed by atoms with Crippen molar-refractivity contribution in [2.24, 2.45) is 17.3 Å². The van der Waals surface area contributed by atoms with E-state index in [2.05, 4.69) is 37.4 Å². The molecule has 2 fully saturated rings. The Morgan fingerprint density at radius 2 is 1.69 bits per heavy atom. The van der Waals surface area contributed by atoms with E-state index in [0.717, 1.165) is 4.58 Å².